The number of likely N-dealkylation sites (tertiary alicyclic amines) is 1. The molecule has 1 aromatic heterocycles. The SMILES string of the molecule is Cc1ccc(NC(C)C)c(C(=O)N2CCC(c3ccn(C)c(=O)c3)CC2)c1. The summed E-state index contributed by atoms with van der Waals surface area (Å²) in [5.74, 6) is 0.429. The number of nitrogens with zero attached hydrogens (tertiary/aromatic N) is 2. The van der Waals surface area contributed by atoms with Crippen molar-refractivity contribution >= 4 is 11.6 Å². The second-order valence-corrected chi connectivity index (χ2v) is 7.82. The average molecular weight is 367 g/mol. The molecular weight excluding hydrogens is 338 g/mol. The third kappa shape index (κ3) is 4.41. The Morgan fingerprint density at radius 2 is 1.85 bits per heavy atom. The molecule has 144 valence electrons. The lowest BCUT2D eigenvalue weighted by molar-refractivity contribution is 0.0714. The minimum Gasteiger partial charge on any atom is -0.382 e. The minimum atomic E-state index is 0.0233. The van der Waals surface area contributed by atoms with E-state index in [2.05, 4.69) is 19.2 Å². The molecule has 2 aromatic rings. The fourth-order valence-corrected chi connectivity index (χ4v) is 3.68. The molecule has 1 N–H and O–H groups in total. The van der Waals surface area contributed by atoms with E-state index in [1.807, 2.05) is 42.3 Å². The molecule has 5 heteroatoms. The first kappa shape index (κ1) is 19.2. The summed E-state index contributed by atoms with van der Waals surface area (Å²) in [6.07, 6.45) is 3.60. The van der Waals surface area contributed by atoms with Crippen LogP contribution in [0.3, 0.4) is 0 Å². The summed E-state index contributed by atoms with van der Waals surface area (Å²) in [4.78, 5) is 27.0. The van der Waals surface area contributed by atoms with Crippen molar-refractivity contribution in [2.45, 2.75) is 45.6 Å². The van der Waals surface area contributed by atoms with E-state index in [0.29, 0.717) is 19.0 Å². The van der Waals surface area contributed by atoms with Gasteiger partial charge in [-0.2, -0.15) is 0 Å². The molecule has 0 spiro atoms. The van der Waals surface area contributed by atoms with E-state index in [4.69, 9.17) is 0 Å². The number of hydrogen-bond donors (Lipinski definition) is 1. The van der Waals surface area contributed by atoms with Crippen LogP contribution < -0.4 is 10.9 Å². The Morgan fingerprint density at radius 3 is 2.48 bits per heavy atom. The maximum absolute atomic E-state index is 13.1. The van der Waals surface area contributed by atoms with Crippen molar-refractivity contribution < 1.29 is 4.79 Å². The molecule has 1 fully saturated rings. The Balaban J connectivity index is 1.72. The van der Waals surface area contributed by atoms with E-state index in [-0.39, 0.29) is 17.5 Å². The van der Waals surface area contributed by atoms with Crippen molar-refractivity contribution in [2.75, 3.05) is 18.4 Å². The third-order valence-electron chi connectivity index (χ3n) is 5.23. The fraction of sp³-hybridized carbons (Fsp3) is 0.455. The molecule has 0 saturated carbocycles. The summed E-state index contributed by atoms with van der Waals surface area (Å²) >= 11 is 0. The number of rotatable bonds is 4. The van der Waals surface area contributed by atoms with Crippen molar-refractivity contribution in [2.24, 2.45) is 7.05 Å². The summed E-state index contributed by atoms with van der Waals surface area (Å²) in [6, 6.07) is 10.0. The smallest absolute Gasteiger partial charge is 0.255 e. The quantitative estimate of drug-likeness (QED) is 0.899. The van der Waals surface area contributed by atoms with Gasteiger partial charge in [0.05, 0.1) is 5.56 Å². The highest BCUT2D eigenvalue weighted by Gasteiger charge is 2.26. The Hall–Kier alpha value is -2.56. The van der Waals surface area contributed by atoms with Crippen LogP contribution in [-0.4, -0.2) is 34.5 Å². The highest BCUT2D eigenvalue weighted by Crippen LogP contribution is 2.29. The Labute approximate surface area is 161 Å². The number of nitrogens with one attached hydrogen (secondary N) is 1. The van der Waals surface area contributed by atoms with E-state index in [1.54, 1.807) is 17.7 Å². The molecule has 1 amide bonds. The molecule has 1 aromatic carbocycles. The number of aryl methyl sites for hydroxylation is 2. The monoisotopic (exact) mass is 367 g/mol. The lowest BCUT2D eigenvalue weighted by Gasteiger charge is -2.33. The summed E-state index contributed by atoms with van der Waals surface area (Å²) in [7, 11) is 1.76. The number of hydrogen-bond acceptors (Lipinski definition) is 3. The van der Waals surface area contributed by atoms with Crippen molar-refractivity contribution in [1.29, 1.82) is 0 Å². The van der Waals surface area contributed by atoms with Crippen LogP contribution in [0.15, 0.2) is 41.3 Å². The zero-order valence-electron chi connectivity index (χ0n) is 16.7. The minimum absolute atomic E-state index is 0.0233. The molecule has 2 heterocycles. The summed E-state index contributed by atoms with van der Waals surface area (Å²) < 4.78 is 1.59. The molecule has 1 saturated heterocycles. The normalized spacial score (nSPS) is 15.2. The molecule has 1 aliphatic heterocycles. The van der Waals surface area contributed by atoms with Gasteiger partial charge in [0.1, 0.15) is 0 Å². The average Bonchev–Trinajstić information content (AvgIpc) is 2.64. The molecule has 0 radical (unpaired) electrons. The Kier molecular flexibility index (Phi) is 5.68. The Morgan fingerprint density at radius 1 is 1.15 bits per heavy atom. The predicted molar refractivity (Wildman–Crippen MR) is 109 cm³/mol. The number of carbonyl (C=O) groups is 1. The van der Waals surface area contributed by atoms with Gasteiger partial charge in [0.25, 0.3) is 11.5 Å². The zero-order chi connectivity index (χ0) is 19.6. The third-order valence-corrected chi connectivity index (χ3v) is 5.23. The zero-order valence-corrected chi connectivity index (χ0v) is 16.7. The molecule has 27 heavy (non-hydrogen) atoms. The molecule has 3 rings (SSSR count). The lowest BCUT2D eigenvalue weighted by atomic mass is 9.89. The van der Waals surface area contributed by atoms with Gasteiger partial charge in [0.15, 0.2) is 0 Å². The highest BCUT2D eigenvalue weighted by atomic mass is 16.2. The van der Waals surface area contributed by atoms with Crippen molar-refractivity contribution in [1.82, 2.24) is 9.47 Å². The van der Waals surface area contributed by atoms with Gasteiger partial charge in [-0.05, 0) is 63.3 Å². The fourth-order valence-electron chi connectivity index (χ4n) is 3.68. The standard InChI is InChI=1S/C22H29N3O2/c1-15(2)23-20-6-5-16(3)13-19(20)22(27)25-11-8-17(9-12-25)18-7-10-24(4)21(26)14-18/h5-7,10,13-15,17,23H,8-9,11-12H2,1-4H3. The molecule has 0 bridgehead atoms. The van der Waals surface area contributed by atoms with E-state index in [1.165, 1.54) is 0 Å². The van der Waals surface area contributed by atoms with Gasteiger partial charge in [0.2, 0.25) is 0 Å². The highest BCUT2D eigenvalue weighted by molar-refractivity contribution is 6.00. The number of pyridine rings is 1. The van der Waals surface area contributed by atoms with E-state index in [0.717, 1.165) is 35.2 Å². The molecule has 1 aliphatic rings. The topological polar surface area (TPSA) is 54.3 Å². The van der Waals surface area contributed by atoms with E-state index >= 15 is 0 Å². The van der Waals surface area contributed by atoms with E-state index < -0.39 is 0 Å². The molecular formula is C22H29N3O2. The molecule has 0 unspecified atom stereocenters. The van der Waals surface area contributed by atoms with Gasteiger partial charge in [-0.1, -0.05) is 11.6 Å². The van der Waals surface area contributed by atoms with Crippen LogP contribution in [0.1, 0.15) is 54.1 Å². The van der Waals surface area contributed by atoms with Crippen molar-refractivity contribution in [3.8, 4) is 0 Å². The summed E-state index contributed by atoms with van der Waals surface area (Å²) in [5, 5.41) is 3.38. The summed E-state index contributed by atoms with van der Waals surface area (Å²) in [5.41, 5.74) is 3.84. The first-order valence-electron chi connectivity index (χ1n) is 9.68. The van der Waals surface area contributed by atoms with Crippen LogP contribution in [0, 0.1) is 6.92 Å². The van der Waals surface area contributed by atoms with E-state index in [9.17, 15) is 9.59 Å². The number of anilines is 1. The van der Waals surface area contributed by atoms with Crippen LogP contribution in [0.25, 0.3) is 0 Å². The van der Waals surface area contributed by atoms with Crippen LogP contribution in [0.5, 0.6) is 0 Å². The molecule has 0 aliphatic carbocycles. The maximum Gasteiger partial charge on any atom is 0.255 e. The number of carbonyl (C=O) groups excluding carboxylic acids is 1. The number of amides is 1. The largest absolute Gasteiger partial charge is 0.382 e. The number of piperidine rings is 1. The molecule has 5 nitrogen and oxygen atoms in total. The Bertz CT molecular complexity index is 877. The van der Waals surface area contributed by atoms with Gasteiger partial charge in [0, 0.05) is 44.1 Å². The first-order valence-corrected chi connectivity index (χ1v) is 9.68. The van der Waals surface area contributed by atoms with Gasteiger partial charge >= 0.3 is 0 Å². The van der Waals surface area contributed by atoms with Crippen LogP contribution >= 0.6 is 0 Å². The van der Waals surface area contributed by atoms with Crippen LogP contribution in [0.4, 0.5) is 5.69 Å². The number of aromatic nitrogens is 1. The van der Waals surface area contributed by atoms with Gasteiger partial charge in [-0.3, -0.25) is 9.59 Å². The van der Waals surface area contributed by atoms with Crippen LogP contribution in [-0.2, 0) is 7.05 Å². The maximum atomic E-state index is 13.1. The number of benzene rings is 1. The second kappa shape index (κ2) is 7.99. The molecule has 0 atom stereocenters. The second-order valence-electron chi connectivity index (χ2n) is 7.82. The first-order chi connectivity index (χ1) is 12.8. The van der Waals surface area contributed by atoms with Gasteiger partial charge < -0.3 is 14.8 Å². The van der Waals surface area contributed by atoms with Crippen LogP contribution in [0.2, 0.25) is 0 Å². The summed E-state index contributed by atoms with van der Waals surface area (Å²) in [6.45, 7) is 7.59. The van der Waals surface area contributed by atoms with Crippen molar-refractivity contribution in [3.05, 3.63) is 63.6 Å². The predicted octanol–water partition coefficient (Wildman–Crippen LogP) is 3.53. The van der Waals surface area contributed by atoms with Gasteiger partial charge in [-0.15, -0.1) is 0 Å². The van der Waals surface area contributed by atoms with Crippen molar-refractivity contribution in [3.63, 3.8) is 0 Å². The van der Waals surface area contributed by atoms with Gasteiger partial charge in [-0.25, -0.2) is 0 Å². The lowest BCUT2D eigenvalue weighted by Crippen LogP contribution is -2.38.